The van der Waals surface area contributed by atoms with Gasteiger partial charge in [0.2, 0.25) is 0 Å². The second-order valence-corrected chi connectivity index (χ2v) is 8.63. The van der Waals surface area contributed by atoms with E-state index in [0.29, 0.717) is 23.3 Å². The fourth-order valence-electron chi connectivity index (χ4n) is 3.51. The van der Waals surface area contributed by atoms with Gasteiger partial charge in [0.15, 0.2) is 5.82 Å². The third-order valence-electron chi connectivity index (χ3n) is 5.51. The van der Waals surface area contributed by atoms with Gasteiger partial charge in [-0.15, -0.1) is 5.10 Å². The highest BCUT2D eigenvalue weighted by Gasteiger charge is 2.11. The summed E-state index contributed by atoms with van der Waals surface area (Å²) in [5.74, 6) is 2.50. The SMILES string of the molecule is CN=CC(=C(N)c1ccc(N(C)C)nc1)c1cnc2ccc(Nc3cc(C(C)C)cnn3)nc2c1. The maximum atomic E-state index is 6.56. The Hall–Kier alpha value is -4.40. The number of nitrogens with two attached hydrogens (primary N) is 1. The average Bonchev–Trinajstić information content (AvgIpc) is 2.86. The summed E-state index contributed by atoms with van der Waals surface area (Å²) in [6, 6.07) is 11.6. The molecule has 0 aliphatic carbocycles. The van der Waals surface area contributed by atoms with Crippen molar-refractivity contribution in [3.8, 4) is 0 Å². The molecule has 9 nitrogen and oxygen atoms in total. The highest BCUT2D eigenvalue weighted by atomic mass is 15.2. The number of fused-ring (bicyclic) bond motifs is 1. The summed E-state index contributed by atoms with van der Waals surface area (Å²) in [7, 11) is 5.60. The molecule has 9 heteroatoms. The van der Waals surface area contributed by atoms with Gasteiger partial charge in [-0.2, -0.15) is 5.10 Å². The van der Waals surface area contributed by atoms with Crippen LogP contribution in [0.15, 0.2) is 60.0 Å². The zero-order chi connectivity index (χ0) is 24.9. The van der Waals surface area contributed by atoms with Gasteiger partial charge in [0.05, 0.1) is 17.2 Å². The first kappa shape index (κ1) is 23.7. The lowest BCUT2D eigenvalue weighted by atomic mass is 10.0. The molecule has 0 fully saturated rings. The first-order valence-corrected chi connectivity index (χ1v) is 11.3. The molecule has 0 spiro atoms. The van der Waals surface area contributed by atoms with E-state index in [4.69, 9.17) is 10.7 Å². The maximum absolute atomic E-state index is 6.56. The zero-order valence-corrected chi connectivity index (χ0v) is 20.6. The molecule has 0 unspecified atom stereocenters. The van der Waals surface area contributed by atoms with Crippen molar-refractivity contribution in [3.63, 3.8) is 0 Å². The number of aliphatic imine (C=N–C) groups is 1. The number of allylic oxidation sites excluding steroid dienone is 1. The minimum absolute atomic E-state index is 0.354. The number of hydrogen-bond donors (Lipinski definition) is 2. The van der Waals surface area contributed by atoms with Gasteiger partial charge in [-0.05, 0) is 47.9 Å². The van der Waals surface area contributed by atoms with Crippen molar-refractivity contribution in [1.29, 1.82) is 0 Å². The predicted octanol–water partition coefficient (Wildman–Crippen LogP) is 4.28. The van der Waals surface area contributed by atoms with Crippen molar-refractivity contribution in [2.75, 3.05) is 31.4 Å². The topological polar surface area (TPSA) is 118 Å². The van der Waals surface area contributed by atoms with E-state index in [-0.39, 0.29) is 0 Å². The highest BCUT2D eigenvalue weighted by molar-refractivity contribution is 6.19. The molecule has 4 rings (SSSR count). The molecule has 0 amide bonds. The van der Waals surface area contributed by atoms with Gasteiger partial charge in [-0.1, -0.05) is 13.8 Å². The summed E-state index contributed by atoms with van der Waals surface area (Å²) >= 11 is 0. The van der Waals surface area contributed by atoms with Gasteiger partial charge in [0.25, 0.3) is 0 Å². The van der Waals surface area contributed by atoms with Gasteiger partial charge in [-0.25, -0.2) is 9.97 Å². The van der Waals surface area contributed by atoms with E-state index in [1.165, 1.54) is 0 Å². The molecule has 4 heterocycles. The molecule has 35 heavy (non-hydrogen) atoms. The number of nitrogens with one attached hydrogen (secondary N) is 1. The molecule has 4 aromatic heterocycles. The van der Waals surface area contributed by atoms with Crippen LogP contribution in [0.2, 0.25) is 0 Å². The van der Waals surface area contributed by atoms with Crippen LogP contribution in [0.4, 0.5) is 17.5 Å². The van der Waals surface area contributed by atoms with Crippen LogP contribution in [0, 0.1) is 0 Å². The molecule has 4 aromatic rings. The molecule has 0 saturated carbocycles. The third kappa shape index (κ3) is 5.40. The van der Waals surface area contributed by atoms with E-state index < -0.39 is 0 Å². The van der Waals surface area contributed by atoms with E-state index in [9.17, 15) is 0 Å². The largest absolute Gasteiger partial charge is 0.398 e. The molecular formula is C26H29N9. The van der Waals surface area contributed by atoms with E-state index in [0.717, 1.165) is 39.1 Å². The number of hydrogen-bond acceptors (Lipinski definition) is 9. The Labute approximate surface area is 204 Å². The molecule has 178 valence electrons. The second kappa shape index (κ2) is 10.3. The fourth-order valence-corrected chi connectivity index (χ4v) is 3.51. The molecule has 0 radical (unpaired) electrons. The van der Waals surface area contributed by atoms with Gasteiger partial charge < -0.3 is 16.0 Å². The number of aromatic nitrogens is 5. The van der Waals surface area contributed by atoms with E-state index in [2.05, 4.69) is 44.3 Å². The lowest BCUT2D eigenvalue weighted by Crippen LogP contribution is -2.11. The predicted molar refractivity (Wildman–Crippen MR) is 143 cm³/mol. The lowest BCUT2D eigenvalue weighted by Gasteiger charge is -2.13. The van der Waals surface area contributed by atoms with Crippen LogP contribution >= 0.6 is 0 Å². The Balaban J connectivity index is 1.70. The summed E-state index contributed by atoms with van der Waals surface area (Å²) < 4.78 is 0. The Morgan fingerprint density at radius 1 is 0.971 bits per heavy atom. The van der Waals surface area contributed by atoms with Gasteiger partial charge in [-0.3, -0.25) is 9.98 Å². The van der Waals surface area contributed by atoms with Crippen LogP contribution in [-0.2, 0) is 0 Å². The van der Waals surface area contributed by atoms with Gasteiger partial charge in [0, 0.05) is 62.1 Å². The molecule has 0 saturated heterocycles. The molecule has 3 N–H and O–H groups in total. The molecule has 0 atom stereocenters. The summed E-state index contributed by atoms with van der Waals surface area (Å²) in [5.41, 5.74) is 12.1. The molecule has 0 aliphatic heterocycles. The summed E-state index contributed by atoms with van der Waals surface area (Å²) in [6.07, 6.45) is 7.04. The Bertz CT molecular complexity index is 1390. The van der Waals surface area contributed by atoms with E-state index in [1.807, 2.05) is 55.4 Å². The quantitative estimate of drug-likeness (QED) is 0.387. The number of rotatable bonds is 7. The summed E-state index contributed by atoms with van der Waals surface area (Å²) in [5, 5.41) is 11.5. The molecule has 0 bridgehead atoms. The van der Waals surface area contributed by atoms with Gasteiger partial charge >= 0.3 is 0 Å². The molecular weight excluding hydrogens is 438 g/mol. The van der Waals surface area contributed by atoms with E-state index >= 15 is 0 Å². The van der Waals surface area contributed by atoms with Crippen LogP contribution < -0.4 is 16.0 Å². The van der Waals surface area contributed by atoms with Crippen molar-refractivity contribution >= 4 is 46.0 Å². The normalized spacial score (nSPS) is 12.3. The van der Waals surface area contributed by atoms with Crippen molar-refractivity contribution in [1.82, 2.24) is 25.1 Å². The van der Waals surface area contributed by atoms with Crippen LogP contribution in [0.3, 0.4) is 0 Å². The average molecular weight is 468 g/mol. The standard InChI is InChI=1S/C26H29N9/c1-16(2)18-11-24(34-31-14-18)33-23-8-7-21-22(32-23)10-19(13-29-21)20(15-28-3)26(27)17-6-9-25(30-12-17)35(4)5/h6-16H,27H2,1-5H3,(H,32,33,34). The van der Waals surface area contributed by atoms with Crippen LogP contribution in [-0.4, -0.2) is 52.5 Å². The zero-order valence-electron chi connectivity index (χ0n) is 20.6. The number of pyridine rings is 3. The van der Waals surface area contributed by atoms with Crippen molar-refractivity contribution in [3.05, 3.63) is 71.7 Å². The fraction of sp³-hybridized carbons (Fsp3) is 0.231. The second-order valence-electron chi connectivity index (χ2n) is 8.63. The van der Waals surface area contributed by atoms with Crippen molar-refractivity contribution in [2.45, 2.75) is 19.8 Å². The first-order chi connectivity index (χ1) is 16.9. The van der Waals surface area contributed by atoms with E-state index in [1.54, 1.807) is 31.9 Å². The minimum atomic E-state index is 0.354. The number of anilines is 3. The summed E-state index contributed by atoms with van der Waals surface area (Å²) in [4.78, 5) is 20.0. The lowest BCUT2D eigenvalue weighted by molar-refractivity contribution is 0.843. The monoisotopic (exact) mass is 467 g/mol. The van der Waals surface area contributed by atoms with Crippen molar-refractivity contribution < 1.29 is 0 Å². The summed E-state index contributed by atoms with van der Waals surface area (Å²) in [6.45, 7) is 4.23. The van der Waals surface area contributed by atoms with Crippen molar-refractivity contribution in [2.24, 2.45) is 10.7 Å². The smallest absolute Gasteiger partial charge is 0.154 e. The Morgan fingerprint density at radius 3 is 2.46 bits per heavy atom. The maximum Gasteiger partial charge on any atom is 0.154 e. The third-order valence-corrected chi connectivity index (χ3v) is 5.51. The van der Waals surface area contributed by atoms with Gasteiger partial charge in [0.1, 0.15) is 11.6 Å². The first-order valence-electron chi connectivity index (χ1n) is 11.3. The van der Waals surface area contributed by atoms with Crippen LogP contribution in [0.5, 0.6) is 0 Å². The van der Waals surface area contributed by atoms with Crippen LogP contribution in [0.25, 0.3) is 22.3 Å². The Morgan fingerprint density at radius 2 is 1.77 bits per heavy atom. The van der Waals surface area contributed by atoms with Crippen LogP contribution in [0.1, 0.15) is 36.5 Å². The molecule has 0 aromatic carbocycles. The molecule has 0 aliphatic rings. The number of nitrogens with zero attached hydrogens (tertiary/aromatic N) is 7. The highest BCUT2D eigenvalue weighted by Crippen LogP contribution is 2.25. The Kier molecular flexibility index (Phi) is 6.96. The minimum Gasteiger partial charge on any atom is -0.398 e.